The van der Waals surface area contributed by atoms with Gasteiger partial charge >= 0.3 is 5.97 Å². The summed E-state index contributed by atoms with van der Waals surface area (Å²) < 4.78 is 11.6. The highest BCUT2D eigenvalue weighted by atomic mass is 16.5. The lowest BCUT2D eigenvalue weighted by molar-refractivity contribution is -0.144. The molecule has 1 aliphatic heterocycles. The number of benzene rings is 1. The van der Waals surface area contributed by atoms with E-state index in [1.165, 1.54) is 32.1 Å². The van der Waals surface area contributed by atoms with Crippen molar-refractivity contribution in [1.82, 2.24) is 0 Å². The van der Waals surface area contributed by atoms with Crippen LogP contribution in [0.5, 0.6) is 5.75 Å². The van der Waals surface area contributed by atoms with Crippen LogP contribution in [0.1, 0.15) is 85.0 Å². The van der Waals surface area contributed by atoms with Crippen LogP contribution >= 0.6 is 0 Å². The second kappa shape index (κ2) is 14.7. The van der Waals surface area contributed by atoms with E-state index in [2.05, 4.69) is 25.8 Å². The van der Waals surface area contributed by atoms with Crippen LogP contribution in [-0.2, 0) is 9.53 Å². The highest BCUT2D eigenvalue weighted by Gasteiger charge is 2.21. The lowest BCUT2D eigenvalue weighted by Gasteiger charge is -2.23. The Labute approximate surface area is 188 Å². The molecule has 0 bridgehead atoms. The van der Waals surface area contributed by atoms with Crippen molar-refractivity contribution in [2.75, 3.05) is 18.1 Å². The Hall–Kier alpha value is -2.30. The van der Waals surface area contributed by atoms with E-state index in [-0.39, 0.29) is 11.9 Å². The maximum absolute atomic E-state index is 12.5. The average molecular weight is 429 g/mol. The van der Waals surface area contributed by atoms with Crippen LogP contribution in [-0.4, -0.2) is 25.3 Å². The normalized spacial score (nSPS) is 13.4. The molecule has 0 fully saturated rings. The Balaban J connectivity index is 1.89. The molecular formula is C26H40N2O3. The van der Waals surface area contributed by atoms with E-state index < -0.39 is 0 Å². The predicted octanol–water partition coefficient (Wildman–Crippen LogP) is 6.88. The Morgan fingerprint density at radius 1 is 1.03 bits per heavy atom. The first-order chi connectivity index (χ1) is 15.2. The molecule has 1 aromatic rings. The number of hydrogen-bond donors (Lipinski definition) is 0. The van der Waals surface area contributed by atoms with Crippen molar-refractivity contribution in [2.45, 2.75) is 85.0 Å². The van der Waals surface area contributed by atoms with Crippen molar-refractivity contribution in [2.24, 2.45) is 10.9 Å². The van der Waals surface area contributed by atoms with Crippen LogP contribution < -0.4 is 9.64 Å². The third-order valence-electron chi connectivity index (χ3n) is 5.49. The molecule has 172 valence electrons. The molecule has 1 aromatic carbocycles. The summed E-state index contributed by atoms with van der Waals surface area (Å²) in [6.45, 7) is 7.80. The highest BCUT2D eigenvalue weighted by Crippen LogP contribution is 2.25. The first-order valence-corrected chi connectivity index (χ1v) is 12.1. The second-order valence-electron chi connectivity index (χ2n) is 8.24. The number of hydrogen-bond acceptors (Lipinski definition) is 5. The molecule has 0 amide bonds. The lowest BCUT2D eigenvalue weighted by atomic mass is 9.99. The zero-order valence-corrected chi connectivity index (χ0v) is 19.6. The standard InChI is InChI=1S/C26H40N2O3/c1-4-7-8-9-10-11-19-30-24-16-12-15-23(20-24)28-18-17-27-25(21-28)31-26(29)22(13-5-2)14-6-3/h12,15-17,20-22H,4-11,13-14,18-19H2,1-3H3. The van der Waals surface area contributed by atoms with Gasteiger partial charge in [-0.3, -0.25) is 4.79 Å². The molecule has 1 heterocycles. The minimum absolute atomic E-state index is 0.0554. The molecule has 5 heteroatoms. The highest BCUT2D eigenvalue weighted by molar-refractivity contribution is 5.75. The van der Waals surface area contributed by atoms with Crippen molar-refractivity contribution < 1.29 is 14.3 Å². The molecule has 1 aliphatic rings. The van der Waals surface area contributed by atoms with Crippen molar-refractivity contribution in [1.29, 1.82) is 0 Å². The van der Waals surface area contributed by atoms with Gasteiger partial charge < -0.3 is 14.4 Å². The van der Waals surface area contributed by atoms with Crippen LogP contribution in [0.2, 0.25) is 0 Å². The monoisotopic (exact) mass is 428 g/mol. The fourth-order valence-corrected chi connectivity index (χ4v) is 3.76. The first-order valence-electron chi connectivity index (χ1n) is 12.1. The number of rotatable bonds is 15. The Bertz CT molecular complexity index is 708. The molecule has 2 rings (SSSR count). The average Bonchev–Trinajstić information content (AvgIpc) is 2.79. The minimum atomic E-state index is -0.176. The van der Waals surface area contributed by atoms with Crippen LogP contribution in [0.3, 0.4) is 0 Å². The minimum Gasteiger partial charge on any atom is -0.494 e. The number of carbonyl (C=O) groups is 1. The van der Waals surface area contributed by atoms with Crippen LogP contribution in [0.4, 0.5) is 5.69 Å². The molecule has 0 N–H and O–H groups in total. The number of aliphatic imine (C=N–C) groups is 1. The molecule has 0 unspecified atom stereocenters. The van der Waals surface area contributed by atoms with Crippen molar-refractivity contribution >= 4 is 17.9 Å². The maximum Gasteiger partial charge on any atom is 0.315 e. The summed E-state index contributed by atoms with van der Waals surface area (Å²) in [5.74, 6) is 0.989. The van der Waals surface area contributed by atoms with Gasteiger partial charge in [0.2, 0.25) is 5.88 Å². The summed E-state index contributed by atoms with van der Waals surface area (Å²) in [7, 11) is 0. The zero-order chi connectivity index (χ0) is 22.3. The Morgan fingerprint density at radius 3 is 2.52 bits per heavy atom. The van der Waals surface area contributed by atoms with Gasteiger partial charge in [-0.05, 0) is 31.4 Å². The first kappa shape index (κ1) is 25.0. The van der Waals surface area contributed by atoms with Gasteiger partial charge in [-0.15, -0.1) is 0 Å². The van der Waals surface area contributed by atoms with Gasteiger partial charge in [0.1, 0.15) is 5.75 Å². The summed E-state index contributed by atoms with van der Waals surface area (Å²) in [6.07, 6.45) is 14.7. The van der Waals surface area contributed by atoms with Gasteiger partial charge in [-0.2, -0.15) is 0 Å². The molecule has 0 aromatic heterocycles. The van der Waals surface area contributed by atoms with Crippen LogP contribution in [0, 0.1) is 5.92 Å². The molecule has 0 spiro atoms. The van der Waals surface area contributed by atoms with Gasteiger partial charge in [0, 0.05) is 18.0 Å². The van der Waals surface area contributed by atoms with E-state index in [0.717, 1.165) is 50.1 Å². The molecule has 0 aliphatic carbocycles. The quantitative estimate of drug-likeness (QED) is 0.226. The molecule has 0 saturated heterocycles. The third-order valence-corrected chi connectivity index (χ3v) is 5.49. The van der Waals surface area contributed by atoms with E-state index >= 15 is 0 Å². The van der Waals surface area contributed by atoms with Crippen molar-refractivity contribution in [3.63, 3.8) is 0 Å². The molecule has 0 atom stereocenters. The van der Waals surface area contributed by atoms with Crippen molar-refractivity contribution in [3.05, 3.63) is 36.3 Å². The molecule has 5 nitrogen and oxygen atoms in total. The molecule has 31 heavy (non-hydrogen) atoms. The number of nitrogens with zero attached hydrogens (tertiary/aromatic N) is 2. The summed E-state index contributed by atoms with van der Waals surface area (Å²) in [6, 6.07) is 8.05. The number of carbonyl (C=O) groups excluding carboxylic acids is 1. The fraction of sp³-hybridized carbons (Fsp3) is 0.615. The van der Waals surface area contributed by atoms with Gasteiger partial charge in [0.25, 0.3) is 0 Å². The van der Waals surface area contributed by atoms with E-state index in [1.54, 1.807) is 12.4 Å². The fourth-order valence-electron chi connectivity index (χ4n) is 3.76. The summed E-state index contributed by atoms with van der Waals surface area (Å²) >= 11 is 0. The van der Waals surface area contributed by atoms with E-state index in [1.807, 2.05) is 29.2 Å². The summed E-state index contributed by atoms with van der Waals surface area (Å²) in [4.78, 5) is 18.9. The number of unbranched alkanes of at least 4 members (excludes halogenated alkanes) is 5. The number of ether oxygens (including phenoxy) is 2. The predicted molar refractivity (Wildman–Crippen MR) is 129 cm³/mol. The smallest absolute Gasteiger partial charge is 0.315 e. The summed E-state index contributed by atoms with van der Waals surface area (Å²) in [5.41, 5.74) is 0.999. The number of anilines is 1. The van der Waals surface area contributed by atoms with Crippen molar-refractivity contribution in [3.8, 4) is 5.75 Å². The molecular weight excluding hydrogens is 388 g/mol. The van der Waals surface area contributed by atoms with Gasteiger partial charge in [0.05, 0.1) is 25.3 Å². The van der Waals surface area contributed by atoms with Gasteiger partial charge in [-0.1, -0.05) is 71.8 Å². The van der Waals surface area contributed by atoms with E-state index in [4.69, 9.17) is 9.47 Å². The van der Waals surface area contributed by atoms with E-state index in [0.29, 0.717) is 12.4 Å². The molecule has 0 radical (unpaired) electrons. The van der Waals surface area contributed by atoms with Gasteiger partial charge in [0.15, 0.2) is 0 Å². The third kappa shape index (κ3) is 9.16. The largest absolute Gasteiger partial charge is 0.494 e. The number of esters is 1. The van der Waals surface area contributed by atoms with Crippen LogP contribution in [0.25, 0.3) is 0 Å². The zero-order valence-electron chi connectivity index (χ0n) is 19.6. The Morgan fingerprint density at radius 2 is 1.77 bits per heavy atom. The maximum atomic E-state index is 12.5. The van der Waals surface area contributed by atoms with Crippen LogP contribution in [0.15, 0.2) is 41.3 Å². The molecule has 0 saturated carbocycles. The second-order valence-corrected chi connectivity index (χ2v) is 8.24. The lowest BCUT2D eigenvalue weighted by Crippen LogP contribution is -2.25. The van der Waals surface area contributed by atoms with Gasteiger partial charge in [-0.25, -0.2) is 4.99 Å². The topological polar surface area (TPSA) is 51.1 Å². The van der Waals surface area contributed by atoms with E-state index in [9.17, 15) is 4.79 Å². The SMILES string of the molecule is CCCCCCCCOc1cccc(N2C=C(OC(=O)C(CCC)CCC)N=CC2)c1. The summed E-state index contributed by atoms with van der Waals surface area (Å²) in [5, 5.41) is 0. The Kier molecular flexibility index (Phi) is 11.8.